The van der Waals surface area contributed by atoms with Gasteiger partial charge in [0.25, 0.3) is 0 Å². The highest BCUT2D eigenvalue weighted by Gasteiger charge is 2.28. The molecule has 3 aromatic rings. The summed E-state index contributed by atoms with van der Waals surface area (Å²) in [5, 5.41) is 0. The third-order valence-electron chi connectivity index (χ3n) is 7.04. The predicted molar refractivity (Wildman–Crippen MR) is 142 cm³/mol. The number of amides is 1. The second-order valence-corrected chi connectivity index (χ2v) is 9.63. The van der Waals surface area contributed by atoms with E-state index in [1.165, 1.54) is 18.4 Å². The number of piperidine rings is 1. The minimum atomic E-state index is 0.157. The first-order chi connectivity index (χ1) is 17.2. The van der Waals surface area contributed by atoms with E-state index in [1.807, 2.05) is 35.2 Å². The van der Waals surface area contributed by atoms with E-state index in [2.05, 4.69) is 66.4 Å². The Hall–Kier alpha value is -3.11. The van der Waals surface area contributed by atoms with Crippen LogP contribution in [-0.4, -0.2) is 35.5 Å². The molecule has 0 N–H and O–H groups in total. The molecule has 4 rings (SSSR count). The van der Waals surface area contributed by atoms with Crippen LogP contribution in [0.5, 0.6) is 5.75 Å². The minimum Gasteiger partial charge on any atom is -0.489 e. The molecule has 0 spiro atoms. The van der Waals surface area contributed by atoms with Crippen molar-refractivity contribution >= 4 is 6.41 Å². The predicted octanol–water partition coefficient (Wildman–Crippen LogP) is 6.30. The molecule has 0 aliphatic carbocycles. The van der Waals surface area contributed by atoms with Crippen molar-refractivity contribution in [3.63, 3.8) is 0 Å². The highest BCUT2D eigenvalue weighted by molar-refractivity contribution is 5.48. The molecule has 1 amide bonds. The molecule has 0 bridgehead atoms. The van der Waals surface area contributed by atoms with E-state index in [0.717, 1.165) is 61.6 Å². The molecule has 1 saturated heterocycles. The number of carbonyl (C=O) groups excluding carboxylic acids is 1. The fourth-order valence-corrected chi connectivity index (χ4v) is 5.07. The third-order valence-corrected chi connectivity index (χ3v) is 7.04. The molecule has 1 unspecified atom stereocenters. The molecule has 1 atom stereocenters. The Morgan fingerprint density at radius 3 is 2.11 bits per heavy atom. The summed E-state index contributed by atoms with van der Waals surface area (Å²) in [5.41, 5.74) is 3.71. The van der Waals surface area contributed by atoms with Crippen molar-refractivity contribution in [2.45, 2.75) is 58.3 Å². The summed E-state index contributed by atoms with van der Waals surface area (Å²) in [5.74, 6) is 1.57. The Morgan fingerprint density at radius 1 is 0.886 bits per heavy atom. The summed E-state index contributed by atoms with van der Waals surface area (Å²) in [4.78, 5) is 16.7. The number of ether oxygens (including phenoxy) is 1. The Labute approximate surface area is 210 Å². The van der Waals surface area contributed by atoms with E-state index < -0.39 is 0 Å². The van der Waals surface area contributed by atoms with Gasteiger partial charge < -0.3 is 9.64 Å². The van der Waals surface area contributed by atoms with Gasteiger partial charge in [0.15, 0.2) is 0 Å². The van der Waals surface area contributed by atoms with E-state index in [1.54, 1.807) is 0 Å². The molecular weight excluding hydrogens is 432 g/mol. The molecule has 0 aromatic heterocycles. The molecule has 4 heteroatoms. The van der Waals surface area contributed by atoms with Gasteiger partial charge in [-0.3, -0.25) is 9.69 Å². The van der Waals surface area contributed by atoms with Gasteiger partial charge >= 0.3 is 0 Å². The summed E-state index contributed by atoms with van der Waals surface area (Å²) in [6.45, 7) is 5.49. The summed E-state index contributed by atoms with van der Waals surface area (Å²) in [6, 6.07) is 29.2. The van der Waals surface area contributed by atoms with Crippen molar-refractivity contribution in [2.24, 2.45) is 5.92 Å². The van der Waals surface area contributed by atoms with Gasteiger partial charge in [-0.25, -0.2) is 0 Å². The Morgan fingerprint density at radius 2 is 1.51 bits per heavy atom. The van der Waals surface area contributed by atoms with Crippen LogP contribution in [0.4, 0.5) is 0 Å². The maximum absolute atomic E-state index is 12.2. The number of hydrogen-bond acceptors (Lipinski definition) is 3. The van der Waals surface area contributed by atoms with Crippen molar-refractivity contribution in [1.82, 2.24) is 9.80 Å². The van der Waals surface area contributed by atoms with Gasteiger partial charge in [0.1, 0.15) is 12.4 Å². The normalized spacial score (nSPS) is 15.5. The number of carbonyl (C=O) groups is 1. The summed E-state index contributed by atoms with van der Waals surface area (Å²) in [7, 11) is 0. The van der Waals surface area contributed by atoms with Gasteiger partial charge in [-0.05, 0) is 60.4 Å². The third kappa shape index (κ3) is 7.43. The number of hydrogen-bond donors (Lipinski definition) is 0. The van der Waals surface area contributed by atoms with E-state index >= 15 is 0 Å². The lowest BCUT2D eigenvalue weighted by Crippen LogP contribution is -2.50. The molecule has 1 heterocycles. The fourth-order valence-electron chi connectivity index (χ4n) is 5.07. The second kappa shape index (κ2) is 13.1. The van der Waals surface area contributed by atoms with Gasteiger partial charge in [-0.2, -0.15) is 0 Å². The van der Waals surface area contributed by atoms with Gasteiger partial charge in [-0.15, -0.1) is 0 Å². The Bertz CT molecular complexity index is 999. The van der Waals surface area contributed by atoms with Gasteiger partial charge in [-0.1, -0.05) is 86.1 Å². The van der Waals surface area contributed by atoms with Crippen LogP contribution in [-0.2, 0) is 24.4 Å². The van der Waals surface area contributed by atoms with Crippen LogP contribution in [0, 0.1) is 5.92 Å². The lowest BCUT2D eigenvalue weighted by Gasteiger charge is -2.42. The van der Waals surface area contributed by atoms with Gasteiger partial charge in [0.05, 0.1) is 6.17 Å². The maximum atomic E-state index is 12.2. The van der Waals surface area contributed by atoms with Crippen LogP contribution in [0.3, 0.4) is 0 Å². The topological polar surface area (TPSA) is 32.8 Å². The van der Waals surface area contributed by atoms with Crippen LogP contribution in [0.2, 0.25) is 0 Å². The quantitative estimate of drug-likeness (QED) is 0.291. The standard InChI is InChI=1S/C31H38N2O2/c1-2-9-31(32-20-18-27(19-21-32)22-26-10-5-3-6-11-26)33(25-34)23-28-14-16-30(17-15-28)35-24-29-12-7-4-8-13-29/h3-8,10-17,25,27,31H,2,9,18-24H2,1H3. The molecule has 1 aliphatic heterocycles. The number of likely N-dealkylation sites (tertiary alicyclic amines) is 1. The first kappa shape index (κ1) is 25.0. The molecule has 3 aromatic carbocycles. The average Bonchev–Trinajstić information content (AvgIpc) is 2.92. The van der Waals surface area contributed by atoms with Crippen LogP contribution in [0.25, 0.3) is 0 Å². The zero-order valence-corrected chi connectivity index (χ0v) is 20.9. The van der Waals surface area contributed by atoms with Crippen LogP contribution >= 0.6 is 0 Å². The first-order valence-electron chi connectivity index (χ1n) is 13.0. The van der Waals surface area contributed by atoms with Crippen LogP contribution in [0.1, 0.15) is 49.3 Å². The van der Waals surface area contributed by atoms with Crippen molar-refractivity contribution in [3.05, 3.63) is 102 Å². The number of rotatable bonds is 12. The molecule has 1 aliphatic rings. The molecule has 0 radical (unpaired) electrons. The second-order valence-electron chi connectivity index (χ2n) is 9.63. The zero-order chi connectivity index (χ0) is 24.3. The van der Waals surface area contributed by atoms with E-state index in [9.17, 15) is 4.79 Å². The van der Waals surface area contributed by atoms with Crippen LogP contribution in [0.15, 0.2) is 84.9 Å². The maximum Gasteiger partial charge on any atom is 0.211 e. The van der Waals surface area contributed by atoms with Crippen molar-refractivity contribution < 1.29 is 9.53 Å². The van der Waals surface area contributed by atoms with Gasteiger partial charge in [0.2, 0.25) is 6.41 Å². The monoisotopic (exact) mass is 470 g/mol. The molecule has 4 nitrogen and oxygen atoms in total. The highest BCUT2D eigenvalue weighted by atomic mass is 16.5. The molecular formula is C31H38N2O2. The Balaban J connectivity index is 1.31. The zero-order valence-electron chi connectivity index (χ0n) is 20.9. The highest BCUT2D eigenvalue weighted by Crippen LogP contribution is 2.26. The smallest absolute Gasteiger partial charge is 0.211 e. The van der Waals surface area contributed by atoms with Gasteiger partial charge in [0, 0.05) is 19.6 Å². The number of nitrogens with zero attached hydrogens (tertiary/aromatic N) is 2. The van der Waals surface area contributed by atoms with E-state index in [0.29, 0.717) is 13.2 Å². The minimum absolute atomic E-state index is 0.157. The van der Waals surface area contributed by atoms with E-state index in [-0.39, 0.29) is 6.17 Å². The first-order valence-corrected chi connectivity index (χ1v) is 13.0. The Kier molecular flexibility index (Phi) is 9.36. The molecule has 35 heavy (non-hydrogen) atoms. The van der Waals surface area contributed by atoms with Crippen molar-refractivity contribution in [3.8, 4) is 5.75 Å². The summed E-state index contributed by atoms with van der Waals surface area (Å²) < 4.78 is 5.92. The lowest BCUT2D eigenvalue weighted by atomic mass is 9.89. The summed E-state index contributed by atoms with van der Waals surface area (Å²) in [6.07, 6.45) is 6.79. The molecule has 1 fully saturated rings. The summed E-state index contributed by atoms with van der Waals surface area (Å²) >= 11 is 0. The molecule has 0 saturated carbocycles. The van der Waals surface area contributed by atoms with E-state index in [4.69, 9.17) is 4.74 Å². The lowest BCUT2D eigenvalue weighted by molar-refractivity contribution is -0.126. The largest absolute Gasteiger partial charge is 0.489 e. The van der Waals surface area contributed by atoms with Crippen LogP contribution < -0.4 is 4.74 Å². The SMILES string of the molecule is CCCC(N(C=O)Cc1ccc(OCc2ccccc2)cc1)N1CCC(Cc2ccccc2)CC1. The molecule has 184 valence electrons. The number of benzene rings is 3. The van der Waals surface area contributed by atoms with Crippen molar-refractivity contribution in [2.75, 3.05) is 13.1 Å². The fraction of sp³-hybridized carbons (Fsp3) is 0.387. The average molecular weight is 471 g/mol. The van der Waals surface area contributed by atoms with Crippen molar-refractivity contribution in [1.29, 1.82) is 0 Å².